The molecule has 1 N–H and O–H groups in total. The summed E-state index contributed by atoms with van der Waals surface area (Å²) in [7, 11) is 4.59. The maximum atomic E-state index is 12.4. The number of hydrogen-bond acceptors (Lipinski definition) is 6. The second kappa shape index (κ2) is 6.31. The molecule has 126 valence electrons. The van der Waals surface area contributed by atoms with E-state index < -0.39 is 6.10 Å². The smallest absolute Gasteiger partial charge is 0.174 e. The van der Waals surface area contributed by atoms with Crippen molar-refractivity contribution in [2.24, 2.45) is 0 Å². The first-order valence-corrected chi connectivity index (χ1v) is 7.40. The van der Waals surface area contributed by atoms with E-state index in [9.17, 15) is 9.90 Å². The van der Waals surface area contributed by atoms with Crippen molar-refractivity contribution < 1.29 is 28.8 Å². The number of Topliss-reactive ketones (excluding diaryl/α,β-unsaturated/α-hetero) is 1. The minimum absolute atomic E-state index is 0.127. The van der Waals surface area contributed by atoms with E-state index in [2.05, 4.69) is 0 Å². The lowest BCUT2D eigenvalue weighted by Crippen LogP contribution is -2.20. The Hall–Kier alpha value is -2.89. The first kappa shape index (κ1) is 16.0. The molecule has 0 fully saturated rings. The van der Waals surface area contributed by atoms with Gasteiger partial charge in [-0.1, -0.05) is 6.07 Å². The Morgan fingerprint density at radius 2 is 1.79 bits per heavy atom. The van der Waals surface area contributed by atoms with Crippen LogP contribution in [0.5, 0.6) is 28.7 Å². The van der Waals surface area contributed by atoms with Crippen LogP contribution in [0.2, 0.25) is 0 Å². The number of phenolic OH excluding ortho intramolecular Hbond substituents is 1. The Bertz CT molecular complexity index is 783. The molecule has 0 amide bonds. The van der Waals surface area contributed by atoms with Gasteiger partial charge in [0.1, 0.15) is 28.9 Å². The highest BCUT2D eigenvalue weighted by atomic mass is 16.5. The maximum absolute atomic E-state index is 12.4. The topological polar surface area (TPSA) is 74.2 Å². The fourth-order valence-corrected chi connectivity index (χ4v) is 2.77. The van der Waals surface area contributed by atoms with Crippen LogP contribution >= 0.6 is 0 Å². The van der Waals surface area contributed by atoms with Crippen LogP contribution in [0.25, 0.3) is 0 Å². The molecule has 0 saturated heterocycles. The van der Waals surface area contributed by atoms with E-state index in [1.54, 1.807) is 32.4 Å². The third-order valence-corrected chi connectivity index (χ3v) is 3.99. The first-order valence-electron chi connectivity index (χ1n) is 7.40. The van der Waals surface area contributed by atoms with Crippen LogP contribution in [-0.4, -0.2) is 32.2 Å². The molecule has 0 unspecified atom stereocenters. The van der Waals surface area contributed by atoms with Crippen LogP contribution < -0.4 is 18.9 Å². The molecular weight excluding hydrogens is 312 g/mol. The average Bonchev–Trinajstić information content (AvgIpc) is 2.60. The number of phenols is 1. The Labute approximate surface area is 139 Å². The van der Waals surface area contributed by atoms with E-state index in [1.807, 2.05) is 6.07 Å². The summed E-state index contributed by atoms with van der Waals surface area (Å²) in [6, 6.07) is 8.36. The number of methoxy groups -OCH3 is 3. The molecule has 1 heterocycles. The number of hydrogen-bond donors (Lipinski definition) is 1. The van der Waals surface area contributed by atoms with Gasteiger partial charge in [0, 0.05) is 12.1 Å². The average molecular weight is 330 g/mol. The molecule has 0 aromatic heterocycles. The highest BCUT2D eigenvalue weighted by Crippen LogP contribution is 2.42. The number of carbonyl (C=O) groups is 1. The van der Waals surface area contributed by atoms with Gasteiger partial charge in [-0.15, -0.1) is 0 Å². The second-order valence-corrected chi connectivity index (χ2v) is 5.37. The van der Waals surface area contributed by atoms with Gasteiger partial charge in [-0.05, 0) is 17.7 Å². The number of benzene rings is 2. The lowest BCUT2D eigenvalue weighted by molar-refractivity contribution is 0.0844. The van der Waals surface area contributed by atoms with E-state index in [1.165, 1.54) is 13.2 Å². The Morgan fingerprint density at radius 1 is 1.04 bits per heavy atom. The summed E-state index contributed by atoms with van der Waals surface area (Å²) in [5, 5.41) is 10.0. The number of aromatic hydroxyl groups is 1. The zero-order valence-corrected chi connectivity index (χ0v) is 13.7. The van der Waals surface area contributed by atoms with Gasteiger partial charge in [-0.25, -0.2) is 0 Å². The normalized spacial score (nSPS) is 16.1. The molecule has 6 heteroatoms. The molecular formula is C18H18O6. The van der Waals surface area contributed by atoms with Crippen molar-refractivity contribution >= 4 is 5.78 Å². The zero-order valence-electron chi connectivity index (χ0n) is 13.7. The van der Waals surface area contributed by atoms with Gasteiger partial charge in [0.05, 0.1) is 27.8 Å². The van der Waals surface area contributed by atoms with Gasteiger partial charge in [0.2, 0.25) is 0 Å². The number of carbonyl (C=O) groups excluding carboxylic acids is 1. The number of rotatable bonds is 4. The molecule has 3 rings (SSSR count). The molecule has 0 radical (unpaired) electrons. The van der Waals surface area contributed by atoms with Crippen molar-refractivity contribution in [1.29, 1.82) is 0 Å². The first-order chi connectivity index (χ1) is 11.6. The van der Waals surface area contributed by atoms with Crippen molar-refractivity contribution in [1.82, 2.24) is 0 Å². The van der Waals surface area contributed by atoms with E-state index in [-0.39, 0.29) is 23.5 Å². The van der Waals surface area contributed by atoms with E-state index in [0.29, 0.717) is 23.0 Å². The van der Waals surface area contributed by atoms with Crippen molar-refractivity contribution in [2.75, 3.05) is 21.3 Å². The van der Waals surface area contributed by atoms with Crippen LogP contribution in [0.15, 0.2) is 30.3 Å². The third-order valence-electron chi connectivity index (χ3n) is 3.99. The Balaban J connectivity index is 1.98. The molecule has 2 aromatic carbocycles. The van der Waals surface area contributed by atoms with E-state index >= 15 is 0 Å². The Morgan fingerprint density at radius 3 is 2.46 bits per heavy atom. The molecule has 0 spiro atoms. The molecule has 1 atom stereocenters. The van der Waals surface area contributed by atoms with E-state index in [4.69, 9.17) is 18.9 Å². The van der Waals surface area contributed by atoms with E-state index in [0.717, 1.165) is 5.56 Å². The van der Waals surface area contributed by atoms with Gasteiger partial charge in [0.25, 0.3) is 0 Å². The second-order valence-electron chi connectivity index (χ2n) is 5.37. The molecule has 0 aliphatic carbocycles. The quantitative estimate of drug-likeness (QED) is 0.928. The highest BCUT2D eigenvalue weighted by Gasteiger charge is 2.31. The van der Waals surface area contributed by atoms with Gasteiger partial charge >= 0.3 is 0 Å². The fourth-order valence-electron chi connectivity index (χ4n) is 2.77. The minimum Gasteiger partial charge on any atom is -0.507 e. The summed E-state index contributed by atoms with van der Waals surface area (Å²) in [6.45, 7) is 0. The monoisotopic (exact) mass is 330 g/mol. The predicted molar refractivity (Wildman–Crippen MR) is 86.5 cm³/mol. The lowest BCUT2D eigenvalue weighted by Gasteiger charge is -2.26. The van der Waals surface area contributed by atoms with Crippen LogP contribution in [0.1, 0.15) is 28.4 Å². The summed E-state index contributed by atoms with van der Waals surface area (Å²) in [4.78, 5) is 12.4. The number of ketones is 1. The number of ether oxygens (including phenoxy) is 4. The highest BCUT2D eigenvalue weighted by molar-refractivity contribution is 6.02. The molecule has 1 aliphatic heterocycles. The van der Waals surface area contributed by atoms with Crippen LogP contribution in [-0.2, 0) is 0 Å². The standard InChI is InChI=1S/C18H18O6/c1-21-11-7-12(19)18-13(20)9-15(24-17(18)8-11)10-4-5-14(22-2)16(6-10)23-3/h4-8,15,19H,9H2,1-3H3/t15-/m0/s1. The van der Waals surface area contributed by atoms with Gasteiger partial charge in [0.15, 0.2) is 17.3 Å². The minimum atomic E-state index is -0.476. The van der Waals surface area contributed by atoms with Crippen molar-refractivity contribution in [3.8, 4) is 28.7 Å². The van der Waals surface area contributed by atoms with Gasteiger partial charge < -0.3 is 24.1 Å². The van der Waals surface area contributed by atoms with Gasteiger partial charge in [-0.3, -0.25) is 4.79 Å². The summed E-state index contributed by atoms with van der Waals surface area (Å²) < 4.78 is 21.6. The zero-order chi connectivity index (χ0) is 17.3. The largest absolute Gasteiger partial charge is 0.507 e. The molecule has 6 nitrogen and oxygen atoms in total. The SMILES string of the molecule is COc1cc(O)c2c(c1)O[C@H](c1ccc(OC)c(OC)c1)CC2=O. The summed E-state index contributed by atoms with van der Waals surface area (Å²) in [6.07, 6.45) is -0.348. The van der Waals surface area contributed by atoms with Gasteiger partial charge in [-0.2, -0.15) is 0 Å². The molecule has 0 saturated carbocycles. The lowest BCUT2D eigenvalue weighted by atomic mass is 9.95. The molecule has 24 heavy (non-hydrogen) atoms. The summed E-state index contributed by atoms with van der Waals surface area (Å²) in [5.41, 5.74) is 0.974. The van der Waals surface area contributed by atoms with Crippen LogP contribution in [0.4, 0.5) is 0 Å². The summed E-state index contributed by atoms with van der Waals surface area (Å²) in [5.74, 6) is 1.57. The molecule has 1 aliphatic rings. The Kier molecular flexibility index (Phi) is 4.20. The van der Waals surface area contributed by atoms with Crippen LogP contribution in [0.3, 0.4) is 0 Å². The maximum Gasteiger partial charge on any atom is 0.174 e. The molecule has 2 aromatic rings. The fraction of sp³-hybridized carbons (Fsp3) is 0.278. The van der Waals surface area contributed by atoms with Crippen molar-refractivity contribution in [3.63, 3.8) is 0 Å². The molecule has 0 bridgehead atoms. The predicted octanol–water partition coefficient (Wildman–Crippen LogP) is 3.12. The number of fused-ring (bicyclic) bond motifs is 1. The summed E-state index contributed by atoms with van der Waals surface area (Å²) >= 11 is 0. The van der Waals surface area contributed by atoms with Crippen molar-refractivity contribution in [2.45, 2.75) is 12.5 Å². The third kappa shape index (κ3) is 2.71. The van der Waals surface area contributed by atoms with Crippen molar-refractivity contribution in [3.05, 3.63) is 41.5 Å². The van der Waals surface area contributed by atoms with Crippen LogP contribution in [0, 0.1) is 0 Å².